The number of nitrogens with one attached hydrogen (secondary N) is 2. The number of methoxy groups -OCH3 is 1. The van der Waals surface area contributed by atoms with Crippen LogP contribution >= 0.6 is 0 Å². The van der Waals surface area contributed by atoms with Crippen molar-refractivity contribution in [2.45, 2.75) is 30.7 Å². The van der Waals surface area contributed by atoms with Crippen LogP contribution in [-0.2, 0) is 14.8 Å². The molecule has 0 radical (unpaired) electrons. The van der Waals surface area contributed by atoms with E-state index in [-0.39, 0.29) is 28.1 Å². The molecule has 9 heteroatoms. The monoisotopic (exact) mass is 493 g/mol. The predicted octanol–water partition coefficient (Wildman–Crippen LogP) is 4.11. The SMILES string of the molecule is COc1ccc(S(=O)(=O)Nc2ccccc2C(=O)N[C@@H](C)c2ccccc2)cc1N1CCCC1=O. The molecular formula is C26H27N3O5S. The molecule has 2 amide bonds. The maximum Gasteiger partial charge on any atom is 0.261 e. The van der Waals surface area contributed by atoms with E-state index in [9.17, 15) is 18.0 Å². The third-order valence-corrected chi connectivity index (χ3v) is 7.25. The first-order valence-electron chi connectivity index (χ1n) is 11.3. The minimum atomic E-state index is -4.07. The Balaban J connectivity index is 1.60. The molecule has 1 heterocycles. The first kappa shape index (κ1) is 24.3. The molecule has 1 fully saturated rings. The van der Waals surface area contributed by atoms with Crippen LogP contribution in [0.3, 0.4) is 0 Å². The Morgan fingerprint density at radius 3 is 2.43 bits per heavy atom. The molecule has 182 valence electrons. The fourth-order valence-corrected chi connectivity index (χ4v) is 5.12. The minimum absolute atomic E-state index is 0.0409. The van der Waals surface area contributed by atoms with Crippen molar-refractivity contribution in [2.24, 2.45) is 0 Å². The van der Waals surface area contributed by atoms with Gasteiger partial charge in [-0.1, -0.05) is 42.5 Å². The molecule has 0 aliphatic carbocycles. The summed E-state index contributed by atoms with van der Waals surface area (Å²) < 4.78 is 34.4. The predicted molar refractivity (Wildman–Crippen MR) is 134 cm³/mol. The van der Waals surface area contributed by atoms with Crippen molar-refractivity contribution in [1.29, 1.82) is 0 Å². The number of hydrogen-bond donors (Lipinski definition) is 2. The molecule has 3 aromatic carbocycles. The highest BCUT2D eigenvalue weighted by Gasteiger charge is 2.27. The quantitative estimate of drug-likeness (QED) is 0.491. The largest absolute Gasteiger partial charge is 0.495 e. The Morgan fingerprint density at radius 1 is 1.03 bits per heavy atom. The van der Waals surface area contributed by atoms with E-state index < -0.39 is 15.9 Å². The first-order valence-corrected chi connectivity index (χ1v) is 12.7. The van der Waals surface area contributed by atoms with Crippen LogP contribution in [0.15, 0.2) is 77.7 Å². The van der Waals surface area contributed by atoms with Crippen molar-refractivity contribution >= 4 is 33.2 Å². The van der Waals surface area contributed by atoms with Gasteiger partial charge in [-0.15, -0.1) is 0 Å². The molecule has 8 nitrogen and oxygen atoms in total. The lowest BCUT2D eigenvalue weighted by Crippen LogP contribution is -2.28. The van der Waals surface area contributed by atoms with Gasteiger partial charge in [0.1, 0.15) is 5.75 Å². The molecule has 1 atom stereocenters. The lowest BCUT2D eigenvalue weighted by atomic mass is 10.1. The zero-order valence-electron chi connectivity index (χ0n) is 19.5. The number of sulfonamides is 1. The molecule has 1 saturated heterocycles. The lowest BCUT2D eigenvalue weighted by molar-refractivity contribution is -0.117. The molecule has 2 N–H and O–H groups in total. The molecule has 0 saturated carbocycles. The maximum atomic E-state index is 13.3. The zero-order valence-corrected chi connectivity index (χ0v) is 20.3. The van der Waals surface area contributed by atoms with Gasteiger partial charge >= 0.3 is 0 Å². The number of benzene rings is 3. The number of nitrogens with zero attached hydrogens (tertiary/aromatic N) is 1. The second-order valence-corrected chi connectivity index (χ2v) is 9.92. The van der Waals surface area contributed by atoms with E-state index in [0.29, 0.717) is 30.8 Å². The van der Waals surface area contributed by atoms with Crippen LogP contribution in [0.2, 0.25) is 0 Å². The van der Waals surface area contributed by atoms with E-state index in [2.05, 4.69) is 10.0 Å². The molecule has 4 rings (SSSR count). The second kappa shape index (κ2) is 10.2. The summed E-state index contributed by atoms with van der Waals surface area (Å²) in [6.45, 7) is 2.35. The Bertz CT molecular complexity index is 1340. The van der Waals surface area contributed by atoms with Gasteiger partial charge in [-0.3, -0.25) is 14.3 Å². The van der Waals surface area contributed by atoms with Crippen molar-refractivity contribution in [3.8, 4) is 5.75 Å². The summed E-state index contributed by atoms with van der Waals surface area (Å²) in [6, 6.07) is 20.0. The van der Waals surface area contributed by atoms with Crippen LogP contribution < -0.4 is 19.7 Å². The van der Waals surface area contributed by atoms with Crippen LogP contribution in [0.1, 0.15) is 41.7 Å². The summed E-state index contributed by atoms with van der Waals surface area (Å²) in [4.78, 5) is 26.8. The van der Waals surface area contributed by atoms with Crippen molar-refractivity contribution in [3.63, 3.8) is 0 Å². The Labute approximate surface area is 205 Å². The van der Waals surface area contributed by atoms with Crippen LogP contribution in [0.4, 0.5) is 11.4 Å². The summed E-state index contributed by atoms with van der Waals surface area (Å²) in [5.74, 6) is -0.0769. The van der Waals surface area contributed by atoms with Crippen molar-refractivity contribution in [1.82, 2.24) is 5.32 Å². The third-order valence-electron chi connectivity index (χ3n) is 5.89. The van der Waals surface area contributed by atoms with Gasteiger partial charge in [0.15, 0.2) is 0 Å². The van der Waals surface area contributed by atoms with Crippen LogP contribution in [0, 0.1) is 0 Å². The molecule has 35 heavy (non-hydrogen) atoms. The van der Waals surface area contributed by atoms with E-state index in [1.54, 1.807) is 18.2 Å². The van der Waals surface area contributed by atoms with E-state index in [4.69, 9.17) is 4.74 Å². The van der Waals surface area contributed by atoms with Crippen LogP contribution in [0.25, 0.3) is 0 Å². The summed E-state index contributed by atoms with van der Waals surface area (Å²) in [5.41, 5.74) is 1.68. The van der Waals surface area contributed by atoms with Gasteiger partial charge in [0, 0.05) is 13.0 Å². The molecule has 0 bridgehead atoms. The summed E-state index contributed by atoms with van der Waals surface area (Å²) >= 11 is 0. The molecule has 0 spiro atoms. The summed E-state index contributed by atoms with van der Waals surface area (Å²) in [5, 5.41) is 2.91. The van der Waals surface area contributed by atoms with Gasteiger partial charge in [-0.2, -0.15) is 0 Å². The normalized spacial score (nSPS) is 14.5. The van der Waals surface area contributed by atoms with Crippen molar-refractivity contribution in [3.05, 3.63) is 83.9 Å². The fraction of sp³-hybridized carbons (Fsp3) is 0.231. The number of carbonyl (C=O) groups excluding carboxylic acids is 2. The highest BCUT2D eigenvalue weighted by Crippen LogP contribution is 2.34. The minimum Gasteiger partial charge on any atom is -0.495 e. The summed E-state index contributed by atoms with van der Waals surface area (Å²) in [6.07, 6.45) is 1.10. The van der Waals surface area contributed by atoms with E-state index in [1.807, 2.05) is 37.3 Å². The first-order chi connectivity index (χ1) is 16.8. The van der Waals surface area contributed by atoms with Crippen LogP contribution in [0.5, 0.6) is 5.75 Å². The lowest BCUT2D eigenvalue weighted by Gasteiger charge is -2.20. The smallest absolute Gasteiger partial charge is 0.261 e. The summed E-state index contributed by atoms with van der Waals surface area (Å²) in [7, 11) is -2.60. The highest BCUT2D eigenvalue weighted by molar-refractivity contribution is 7.92. The molecule has 3 aromatic rings. The van der Waals surface area contributed by atoms with E-state index in [0.717, 1.165) is 5.56 Å². The van der Waals surface area contributed by atoms with Gasteiger partial charge in [-0.25, -0.2) is 8.42 Å². The number of amides is 2. The van der Waals surface area contributed by atoms with Gasteiger partial charge in [0.2, 0.25) is 5.91 Å². The highest BCUT2D eigenvalue weighted by atomic mass is 32.2. The van der Waals surface area contributed by atoms with Crippen molar-refractivity contribution in [2.75, 3.05) is 23.3 Å². The van der Waals surface area contributed by atoms with Gasteiger partial charge in [0.05, 0.1) is 35.0 Å². The average molecular weight is 494 g/mol. The molecular weight excluding hydrogens is 466 g/mol. The van der Waals surface area contributed by atoms with Crippen molar-refractivity contribution < 1.29 is 22.7 Å². The molecule has 1 aliphatic heterocycles. The standard InChI is InChI=1S/C26H27N3O5S/c1-18(19-9-4-3-5-10-19)27-26(31)21-11-6-7-12-22(21)28-35(32,33)20-14-15-24(34-2)23(17-20)29-16-8-13-25(29)30/h3-7,9-12,14-15,17-18,28H,8,13,16H2,1-2H3,(H,27,31)/t18-/m0/s1. The van der Waals surface area contributed by atoms with Crippen LogP contribution in [-0.4, -0.2) is 33.9 Å². The number of ether oxygens (including phenoxy) is 1. The Kier molecular flexibility index (Phi) is 7.07. The van der Waals surface area contributed by atoms with E-state index in [1.165, 1.54) is 36.3 Å². The zero-order chi connectivity index (χ0) is 25.0. The molecule has 0 aromatic heterocycles. The Hall–Kier alpha value is -3.85. The average Bonchev–Trinajstić information content (AvgIpc) is 3.29. The molecule has 0 unspecified atom stereocenters. The van der Waals surface area contributed by atoms with Gasteiger partial charge < -0.3 is 15.0 Å². The number of para-hydroxylation sites is 1. The number of hydrogen-bond acceptors (Lipinski definition) is 5. The fourth-order valence-electron chi connectivity index (χ4n) is 4.02. The third kappa shape index (κ3) is 5.30. The Morgan fingerprint density at radius 2 is 1.74 bits per heavy atom. The van der Waals surface area contributed by atoms with Gasteiger partial charge in [0.25, 0.3) is 15.9 Å². The maximum absolute atomic E-state index is 13.3. The number of rotatable bonds is 8. The second-order valence-electron chi connectivity index (χ2n) is 8.24. The topological polar surface area (TPSA) is 105 Å². The number of anilines is 2. The van der Waals surface area contributed by atoms with E-state index >= 15 is 0 Å². The molecule has 1 aliphatic rings. The van der Waals surface area contributed by atoms with Gasteiger partial charge in [-0.05, 0) is 49.2 Å². The number of carbonyl (C=O) groups is 2.